The highest BCUT2D eigenvalue weighted by Crippen LogP contribution is 2.21. The van der Waals surface area contributed by atoms with Crippen LogP contribution in [0, 0.1) is 11.8 Å². The largest absolute Gasteiger partial charge is 0.444 e. The summed E-state index contributed by atoms with van der Waals surface area (Å²) in [6, 6.07) is 0.350. The minimum atomic E-state index is -0.666. The van der Waals surface area contributed by atoms with Gasteiger partial charge < -0.3 is 15.4 Å². The fourth-order valence-electron chi connectivity index (χ4n) is 3.45. The van der Waals surface area contributed by atoms with Gasteiger partial charge in [-0.15, -0.1) is 0 Å². The first-order valence-electron chi connectivity index (χ1n) is 10.3. The number of rotatable bonds is 7. The molecule has 27 heavy (non-hydrogen) atoms. The number of nitrogens with zero attached hydrogens (tertiary/aromatic N) is 1. The topological polar surface area (TPSA) is 70.7 Å². The molecule has 0 aliphatic carbocycles. The molecule has 1 rings (SSSR count). The number of amides is 2. The molecule has 0 saturated carbocycles. The van der Waals surface area contributed by atoms with E-state index in [1.165, 1.54) is 12.8 Å². The lowest BCUT2D eigenvalue weighted by atomic mass is 9.94. The van der Waals surface area contributed by atoms with E-state index in [2.05, 4.69) is 36.3 Å². The van der Waals surface area contributed by atoms with E-state index in [4.69, 9.17) is 4.74 Å². The molecule has 0 spiro atoms. The van der Waals surface area contributed by atoms with Crippen molar-refractivity contribution in [2.75, 3.05) is 19.6 Å². The van der Waals surface area contributed by atoms with Crippen LogP contribution in [0.2, 0.25) is 0 Å². The molecule has 0 aromatic rings. The third-order valence-electron chi connectivity index (χ3n) is 5.01. The van der Waals surface area contributed by atoms with Crippen LogP contribution in [0.15, 0.2) is 0 Å². The second kappa shape index (κ2) is 9.76. The first kappa shape index (κ1) is 23.7. The lowest BCUT2D eigenvalue weighted by Crippen LogP contribution is -2.52. The number of carbonyl (C=O) groups excluding carboxylic acids is 2. The van der Waals surface area contributed by atoms with Gasteiger partial charge in [0, 0.05) is 24.5 Å². The summed E-state index contributed by atoms with van der Waals surface area (Å²) in [5.41, 5.74) is -1.22. The summed E-state index contributed by atoms with van der Waals surface area (Å²) in [4.78, 5) is 26.9. The molecule has 1 saturated heterocycles. The van der Waals surface area contributed by atoms with Crippen LogP contribution < -0.4 is 10.6 Å². The van der Waals surface area contributed by atoms with Gasteiger partial charge in [-0.3, -0.25) is 9.69 Å². The van der Waals surface area contributed by atoms with Crippen molar-refractivity contribution in [3.8, 4) is 0 Å². The second-order valence-corrected chi connectivity index (χ2v) is 10.0. The Morgan fingerprint density at radius 3 is 2.15 bits per heavy atom. The molecule has 1 atom stereocenters. The van der Waals surface area contributed by atoms with Crippen LogP contribution in [0.4, 0.5) is 4.79 Å². The van der Waals surface area contributed by atoms with E-state index >= 15 is 0 Å². The van der Waals surface area contributed by atoms with Crippen molar-refractivity contribution in [2.24, 2.45) is 11.8 Å². The molecule has 6 nitrogen and oxygen atoms in total. The molecular weight excluding hydrogens is 342 g/mol. The summed E-state index contributed by atoms with van der Waals surface area (Å²) < 4.78 is 5.28. The average Bonchev–Trinajstić information content (AvgIpc) is 2.45. The lowest BCUT2D eigenvalue weighted by Gasteiger charge is -2.39. The van der Waals surface area contributed by atoms with Crippen LogP contribution in [0.5, 0.6) is 0 Å². The van der Waals surface area contributed by atoms with Crippen molar-refractivity contribution in [1.82, 2.24) is 15.5 Å². The van der Waals surface area contributed by atoms with Gasteiger partial charge >= 0.3 is 6.09 Å². The summed E-state index contributed by atoms with van der Waals surface area (Å²) in [7, 11) is 0. The molecule has 1 aliphatic heterocycles. The predicted octanol–water partition coefficient (Wildman–Crippen LogP) is 3.55. The summed E-state index contributed by atoms with van der Waals surface area (Å²) >= 11 is 0. The number of hydrogen-bond acceptors (Lipinski definition) is 4. The molecule has 0 radical (unpaired) electrons. The van der Waals surface area contributed by atoms with Crippen LogP contribution in [-0.2, 0) is 9.53 Å². The molecule has 0 bridgehead atoms. The maximum atomic E-state index is 12.5. The number of alkyl carbamates (subject to hydrolysis) is 1. The van der Waals surface area contributed by atoms with E-state index in [0.717, 1.165) is 19.0 Å². The Bertz CT molecular complexity index is 489. The van der Waals surface area contributed by atoms with Crippen molar-refractivity contribution in [3.63, 3.8) is 0 Å². The summed E-state index contributed by atoms with van der Waals surface area (Å²) in [6.45, 7) is 18.7. The first-order valence-corrected chi connectivity index (χ1v) is 10.3. The van der Waals surface area contributed by atoms with E-state index in [-0.39, 0.29) is 12.3 Å². The number of nitrogens with one attached hydrogen (secondary N) is 2. The SMILES string of the molecule is CC1CCN(C(CNC(=O)CC(C)(C)NC(=O)OC(C)(C)C)C(C)C)CC1. The quantitative estimate of drug-likeness (QED) is 0.705. The van der Waals surface area contributed by atoms with Gasteiger partial charge in [0.1, 0.15) is 5.60 Å². The third kappa shape index (κ3) is 9.45. The maximum absolute atomic E-state index is 12.5. The van der Waals surface area contributed by atoms with Gasteiger partial charge in [0.05, 0.1) is 0 Å². The fourth-order valence-corrected chi connectivity index (χ4v) is 3.45. The minimum Gasteiger partial charge on any atom is -0.444 e. The van der Waals surface area contributed by atoms with Crippen LogP contribution >= 0.6 is 0 Å². The molecule has 0 aromatic carbocycles. The lowest BCUT2D eigenvalue weighted by molar-refractivity contribution is -0.122. The Kier molecular flexibility index (Phi) is 8.58. The molecule has 2 N–H and O–H groups in total. The Balaban J connectivity index is 2.50. The molecule has 0 aromatic heterocycles. The zero-order valence-electron chi connectivity index (χ0n) is 18.6. The van der Waals surface area contributed by atoms with Gasteiger partial charge in [-0.1, -0.05) is 20.8 Å². The number of carbonyl (C=O) groups is 2. The number of piperidine rings is 1. The maximum Gasteiger partial charge on any atom is 0.408 e. The fraction of sp³-hybridized carbons (Fsp3) is 0.905. The van der Waals surface area contributed by atoms with Crippen molar-refractivity contribution in [2.45, 2.75) is 91.8 Å². The highest BCUT2D eigenvalue weighted by atomic mass is 16.6. The molecule has 1 heterocycles. The van der Waals surface area contributed by atoms with E-state index in [1.54, 1.807) is 0 Å². The first-order chi connectivity index (χ1) is 12.3. The minimum absolute atomic E-state index is 0.0490. The molecule has 1 aliphatic rings. The van der Waals surface area contributed by atoms with Gasteiger partial charge in [-0.25, -0.2) is 4.79 Å². The Morgan fingerprint density at radius 1 is 1.11 bits per heavy atom. The number of likely N-dealkylation sites (tertiary alicyclic amines) is 1. The van der Waals surface area contributed by atoms with Crippen LogP contribution in [0.3, 0.4) is 0 Å². The number of ether oxygens (including phenoxy) is 1. The normalized spacial score (nSPS) is 18.3. The van der Waals surface area contributed by atoms with Gasteiger partial charge in [-0.2, -0.15) is 0 Å². The standard InChI is InChI=1S/C21H41N3O3/c1-15(2)17(24-11-9-16(3)10-12-24)14-22-18(25)13-21(7,8)23-19(26)27-20(4,5)6/h15-17H,9-14H2,1-8H3,(H,22,25)(H,23,26). The highest BCUT2D eigenvalue weighted by molar-refractivity contribution is 5.78. The van der Waals surface area contributed by atoms with E-state index in [0.29, 0.717) is 18.5 Å². The van der Waals surface area contributed by atoms with Crippen molar-refractivity contribution in [1.29, 1.82) is 0 Å². The summed E-state index contributed by atoms with van der Waals surface area (Å²) in [5, 5.41) is 5.87. The van der Waals surface area contributed by atoms with Crippen molar-refractivity contribution < 1.29 is 14.3 Å². The van der Waals surface area contributed by atoms with Crippen LogP contribution in [0.1, 0.15) is 74.7 Å². The van der Waals surface area contributed by atoms with Gasteiger partial charge in [0.15, 0.2) is 0 Å². The monoisotopic (exact) mass is 383 g/mol. The van der Waals surface area contributed by atoms with E-state index < -0.39 is 17.2 Å². The summed E-state index contributed by atoms with van der Waals surface area (Å²) in [5.74, 6) is 1.22. The molecular formula is C21H41N3O3. The van der Waals surface area contributed by atoms with Gasteiger partial charge in [0.2, 0.25) is 5.91 Å². The summed E-state index contributed by atoms with van der Waals surface area (Å²) in [6.07, 6.45) is 2.17. The van der Waals surface area contributed by atoms with E-state index in [1.807, 2.05) is 34.6 Å². The van der Waals surface area contributed by atoms with E-state index in [9.17, 15) is 9.59 Å². The molecule has 6 heteroatoms. The second-order valence-electron chi connectivity index (χ2n) is 10.0. The Labute approximate surface area is 165 Å². The Hall–Kier alpha value is -1.30. The third-order valence-corrected chi connectivity index (χ3v) is 5.01. The van der Waals surface area contributed by atoms with Crippen LogP contribution in [0.25, 0.3) is 0 Å². The zero-order valence-corrected chi connectivity index (χ0v) is 18.6. The van der Waals surface area contributed by atoms with Crippen molar-refractivity contribution >= 4 is 12.0 Å². The molecule has 1 fully saturated rings. The smallest absolute Gasteiger partial charge is 0.408 e. The average molecular weight is 384 g/mol. The molecule has 1 unspecified atom stereocenters. The molecule has 2 amide bonds. The predicted molar refractivity (Wildman–Crippen MR) is 110 cm³/mol. The highest BCUT2D eigenvalue weighted by Gasteiger charge is 2.29. The number of hydrogen-bond donors (Lipinski definition) is 2. The van der Waals surface area contributed by atoms with Gasteiger partial charge in [-0.05, 0) is 72.4 Å². The van der Waals surface area contributed by atoms with Gasteiger partial charge in [0.25, 0.3) is 0 Å². The zero-order chi connectivity index (χ0) is 20.8. The Morgan fingerprint density at radius 2 is 1.67 bits per heavy atom. The van der Waals surface area contributed by atoms with Crippen molar-refractivity contribution in [3.05, 3.63) is 0 Å². The van der Waals surface area contributed by atoms with Crippen LogP contribution in [-0.4, -0.2) is 53.7 Å². The molecule has 158 valence electrons.